The van der Waals surface area contributed by atoms with E-state index in [2.05, 4.69) is 79.2 Å². The summed E-state index contributed by atoms with van der Waals surface area (Å²) in [6, 6.07) is 27.2. The third kappa shape index (κ3) is 3.22. The van der Waals surface area contributed by atoms with E-state index in [-0.39, 0.29) is 11.5 Å². The summed E-state index contributed by atoms with van der Waals surface area (Å²) in [5.41, 5.74) is 5.34. The van der Waals surface area contributed by atoms with Crippen LogP contribution in [0.3, 0.4) is 0 Å². The van der Waals surface area contributed by atoms with Gasteiger partial charge in [-0.25, -0.2) is 4.98 Å². The van der Waals surface area contributed by atoms with Crippen molar-refractivity contribution in [2.24, 2.45) is 17.8 Å². The number of nitrogens with zero attached hydrogens (tertiary/aromatic N) is 2. The molecule has 3 unspecified atom stereocenters. The van der Waals surface area contributed by atoms with Gasteiger partial charge in [0.05, 0.1) is 29.2 Å². The van der Waals surface area contributed by atoms with E-state index in [1.807, 2.05) is 30.5 Å². The SMILES string of the molecule is C=CC1C2CC[NH+](Cc3c4ccccc4nc4ccccc34)[C@@]12[C@@H](C)[C@@H](O)c1ccnc2ccccc12. The molecular formula is C33H32N3O+. The Bertz CT molecular complexity index is 1600. The van der Waals surface area contributed by atoms with E-state index >= 15 is 0 Å². The fraction of sp³-hybridized carbons (Fsp3) is 0.273. The third-order valence-electron chi connectivity index (χ3n) is 9.43. The van der Waals surface area contributed by atoms with Gasteiger partial charge >= 0.3 is 0 Å². The number of nitrogens with one attached hydrogen (secondary N) is 1. The zero-order valence-electron chi connectivity index (χ0n) is 21.1. The fourth-order valence-corrected chi connectivity index (χ4v) is 7.78. The molecule has 1 saturated carbocycles. The number of pyridine rings is 2. The lowest BCUT2D eigenvalue weighted by Crippen LogP contribution is -3.16. The zero-order chi connectivity index (χ0) is 25.1. The van der Waals surface area contributed by atoms with Crippen LogP contribution in [0.25, 0.3) is 32.7 Å². The largest absolute Gasteiger partial charge is 0.388 e. The topological polar surface area (TPSA) is 50.5 Å². The molecule has 0 bridgehead atoms. The molecule has 1 aliphatic carbocycles. The first-order valence-corrected chi connectivity index (χ1v) is 13.4. The molecule has 2 aromatic heterocycles. The molecule has 7 rings (SSSR count). The number of para-hydroxylation sites is 3. The van der Waals surface area contributed by atoms with Crippen molar-refractivity contribution in [1.82, 2.24) is 9.97 Å². The first kappa shape index (κ1) is 22.6. The molecule has 5 aromatic rings. The second kappa shape index (κ2) is 8.47. The Kier molecular flexibility index (Phi) is 5.17. The standard InChI is InChI=1S/C33H31N3O/c1-3-27-28-17-19-36(20-26-23-11-5-8-14-30(23)35-31-15-9-6-12-24(26)31)33(27,28)21(2)32(37)25-16-18-34-29-13-7-4-10-22(25)29/h3-16,18,21,27-28,32,37H,1,17,19-20H2,2H3/p+1/t21-,27?,28?,32+,33-/m0/s1. The second-order valence-corrected chi connectivity index (χ2v) is 10.9. The van der Waals surface area contributed by atoms with Gasteiger partial charge in [0.1, 0.15) is 12.1 Å². The number of aliphatic hydroxyl groups is 1. The van der Waals surface area contributed by atoms with E-state index < -0.39 is 6.10 Å². The van der Waals surface area contributed by atoms with Gasteiger partial charge in [0.2, 0.25) is 0 Å². The van der Waals surface area contributed by atoms with Gasteiger partial charge in [-0.3, -0.25) is 4.98 Å². The van der Waals surface area contributed by atoms with Crippen LogP contribution in [-0.2, 0) is 6.54 Å². The second-order valence-electron chi connectivity index (χ2n) is 10.9. The van der Waals surface area contributed by atoms with Crippen molar-refractivity contribution in [3.05, 3.63) is 109 Å². The molecule has 0 spiro atoms. The predicted octanol–water partition coefficient (Wildman–Crippen LogP) is 5.27. The van der Waals surface area contributed by atoms with Gasteiger partial charge in [0.25, 0.3) is 0 Å². The van der Waals surface area contributed by atoms with Crippen LogP contribution in [0.1, 0.15) is 30.6 Å². The van der Waals surface area contributed by atoms with Crippen LogP contribution in [0.4, 0.5) is 0 Å². The number of likely N-dealkylation sites (tertiary alicyclic amines) is 1. The molecule has 37 heavy (non-hydrogen) atoms. The molecule has 6 atom stereocenters. The highest BCUT2D eigenvalue weighted by molar-refractivity contribution is 5.97. The average Bonchev–Trinajstić information content (AvgIpc) is 3.47. The minimum Gasteiger partial charge on any atom is -0.388 e. The Balaban J connectivity index is 1.32. The van der Waals surface area contributed by atoms with Gasteiger partial charge in [-0.05, 0) is 29.8 Å². The molecular weight excluding hydrogens is 454 g/mol. The lowest BCUT2D eigenvalue weighted by atomic mass is 9.84. The van der Waals surface area contributed by atoms with Gasteiger partial charge in [0, 0.05) is 52.1 Å². The predicted molar refractivity (Wildman–Crippen MR) is 149 cm³/mol. The van der Waals surface area contributed by atoms with E-state index in [4.69, 9.17) is 4.98 Å². The van der Waals surface area contributed by atoms with Crippen LogP contribution in [0.15, 0.2) is 97.7 Å². The van der Waals surface area contributed by atoms with Gasteiger partial charge in [-0.15, -0.1) is 6.58 Å². The van der Waals surface area contributed by atoms with Crippen molar-refractivity contribution in [3.8, 4) is 0 Å². The molecule has 2 fully saturated rings. The normalized spacial score (nSPS) is 26.3. The summed E-state index contributed by atoms with van der Waals surface area (Å²) in [5, 5.41) is 15.4. The van der Waals surface area contributed by atoms with Crippen LogP contribution in [0.5, 0.6) is 0 Å². The van der Waals surface area contributed by atoms with E-state index in [0.717, 1.165) is 40.6 Å². The number of rotatable bonds is 6. The van der Waals surface area contributed by atoms with Crippen molar-refractivity contribution in [1.29, 1.82) is 0 Å². The number of piperidine rings is 1. The molecule has 3 aromatic carbocycles. The van der Waals surface area contributed by atoms with Gasteiger partial charge in [0.15, 0.2) is 0 Å². The molecule has 3 heterocycles. The monoisotopic (exact) mass is 486 g/mol. The zero-order valence-corrected chi connectivity index (χ0v) is 21.1. The summed E-state index contributed by atoms with van der Waals surface area (Å²) in [6.45, 7) is 8.52. The van der Waals surface area contributed by atoms with Crippen LogP contribution in [-0.4, -0.2) is 27.2 Å². The van der Waals surface area contributed by atoms with E-state index in [9.17, 15) is 5.11 Å². The van der Waals surface area contributed by atoms with Crippen molar-refractivity contribution >= 4 is 32.7 Å². The maximum absolute atomic E-state index is 11.9. The number of fused-ring (bicyclic) bond motifs is 4. The molecule has 4 heteroatoms. The Morgan fingerprint density at radius 1 is 0.946 bits per heavy atom. The summed E-state index contributed by atoms with van der Waals surface area (Å²) >= 11 is 0. The van der Waals surface area contributed by atoms with Gasteiger partial charge in [-0.1, -0.05) is 67.6 Å². The van der Waals surface area contributed by atoms with Crippen molar-refractivity contribution in [3.63, 3.8) is 0 Å². The van der Waals surface area contributed by atoms with Crippen molar-refractivity contribution < 1.29 is 10.0 Å². The lowest BCUT2D eigenvalue weighted by molar-refractivity contribution is -0.947. The lowest BCUT2D eigenvalue weighted by Gasteiger charge is -2.35. The Morgan fingerprint density at radius 3 is 2.22 bits per heavy atom. The highest BCUT2D eigenvalue weighted by Crippen LogP contribution is 2.60. The molecule has 1 aliphatic heterocycles. The Hall–Kier alpha value is -3.60. The van der Waals surface area contributed by atoms with Crippen LogP contribution in [0.2, 0.25) is 0 Å². The fourth-order valence-electron chi connectivity index (χ4n) is 7.78. The molecule has 2 N–H and O–H groups in total. The van der Waals surface area contributed by atoms with Crippen molar-refractivity contribution in [2.45, 2.75) is 31.5 Å². The average molecular weight is 487 g/mol. The van der Waals surface area contributed by atoms with Gasteiger partial charge < -0.3 is 10.0 Å². The number of hydrogen-bond acceptors (Lipinski definition) is 3. The van der Waals surface area contributed by atoms with Gasteiger partial charge in [-0.2, -0.15) is 0 Å². The quantitative estimate of drug-likeness (QED) is 0.254. The molecule has 184 valence electrons. The summed E-state index contributed by atoms with van der Waals surface area (Å²) in [7, 11) is 0. The molecule has 4 nitrogen and oxygen atoms in total. The molecule has 2 aliphatic rings. The number of aromatic nitrogens is 2. The minimum absolute atomic E-state index is 0.0307. The van der Waals surface area contributed by atoms with E-state index in [1.54, 1.807) is 4.90 Å². The van der Waals surface area contributed by atoms with Crippen LogP contribution >= 0.6 is 0 Å². The molecule has 1 saturated heterocycles. The van der Waals surface area contributed by atoms with E-state index in [0.29, 0.717) is 11.8 Å². The maximum atomic E-state index is 11.9. The first-order valence-electron chi connectivity index (χ1n) is 13.4. The minimum atomic E-state index is -0.570. The number of aliphatic hydroxyl groups excluding tert-OH is 1. The van der Waals surface area contributed by atoms with E-state index in [1.165, 1.54) is 22.8 Å². The Morgan fingerprint density at radius 2 is 1.57 bits per heavy atom. The first-order chi connectivity index (χ1) is 18.1. The third-order valence-corrected chi connectivity index (χ3v) is 9.43. The number of quaternary nitrogens is 1. The molecule has 0 radical (unpaired) electrons. The number of benzene rings is 3. The highest BCUT2D eigenvalue weighted by atomic mass is 16.3. The smallest absolute Gasteiger partial charge is 0.114 e. The summed E-state index contributed by atoms with van der Waals surface area (Å²) in [4.78, 5) is 11.0. The molecule has 0 amide bonds. The van der Waals surface area contributed by atoms with Crippen LogP contribution < -0.4 is 4.90 Å². The number of hydrogen-bond donors (Lipinski definition) is 2. The highest BCUT2D eigenvalue weighted by Gasteiger charge is 2.76. The summed E-state index contributed by atoms with van der Waals surface area (Å²) < 4.78 is 0. The van der Waals surface area contributed by atoms with Crippen LogP contribution in [0, 0.1) is 17.8 Å². The van der Waals surface area contributed by atoms with Crippen molar-refractivity contribution in [2.75, 3.05) is 6.54 Å². The Labute approximate surface area is 217 Å². The summed E-state index contributed by atoms with van der Waals surface area (Å²) in [5.74, 6) is 1.04. The maximum Gasteiger partial charge on any atom is 0.114 e. The summed E-state index contributed by atoms with van der Waals surface area (Å²) in [6.07, 6.45) is 4.58.